The third kappa shape index (κ3) is 2.10. The number of rotatable bonds is 1. The summed E-state index contributed by atoms with van der Waals surface area (Å²) in [6.07, 6.45) is 4.67. The van der Waals surface area contributed by atoms with Crippen LogP contribution >= 0.6 is 0 Å². The zero-order valence-electron chi connectivity index (χ0n) is 10.8. The number of hydrogen-bond donors (Lipinski definition) is 1. The maximum Gasteiger partial charge on any atom is 0.240 e. The van der Waals surface area contributed by atoms with Gasteiger partial charge in [-0.3, -0.25) is 4.79 Å². The van der Waals surface area contributed by atoms with Gasteiger partial charge in [-0.25, -0.2) is 0 Å². The van der Waals surface area contributed by atoms with Crippen LogP contribution in [-0.2, 0) is 4.79 Å². The Hall–Kier alpha value is -0.570. The molecule has 0 spiro atoms. The molecule has 2 saturated heterocycles. The van der Waals surface area contributed by atoms with Crippen LogP contribution in [0.15, 0.2) is 0 Å². The fourth-order valence-corrected chi connectivity index (χ4v) is 3.06. The first-order valence-corrected chi connectivity index (χ1v) is 6.56. The van der Waals surface area contributed by atoms with Crippen molar-refractivity contribution in [2.45, 2.75) is 58.5 Å². The van der Waals surface area contributed by atoms with Crippen LogP contribution in [0.1, 0.15) is 46.5 Å². The summed E-state index contributed by atoms with van der Waals surface area (Å²) in [5, 5.41) is 3.42. The topological polar surface area (TPSA) is 32.3 Å². The van der Waals surface area contributed by atoms with Crippen LogP contribution in [0, 0.1) is 5.41 Å². The van der Waals surface area contributed by atoms with Gasteiger partial charge >= 0.3 is 0 Å². The van der Waals surface area contributed by atoms with Crippen molar-refractivity contribution >= 4 is 5.91 Å². The minimum Gasteiger partial charge on any atom is -0.339 e. The first-order valence-electron chi connectivity index (χ1n) is 6.56. The van der Waals surface area contributed by atoms with E-state index in [-0.39, 0.29) is 11.5 Å². The Morgan fingerprint density at radius 1 is 1.38 bits per heavy atom. The molecule has 3 heteroatoms. The number of nitrogens with one attached hydrogen (secondary N) is 1. The summed E-state index contributed by atoms with van der Waals surface area (Å²) in [7, 11) is 0. The van der Waals surface area contributed by atoms with Crippen molar-refractivity contribution in [3.8, 4) is 0 Å². The van der Waals surface area contributed by atoms with Crippen molar-refractivity contribution in [1.82, 2.24) is 10.2 Å². The molecule has 0 aromatic heterocycles. The van der Waals surface area contributed by atoms with Gasteiger partial charge in [0, 0.05) is 12.6 Å². The summed E-state index contributed by atoms with van der Waals surface area (Å²) in [6.45, 7) is 8.53. The van der Waals surface area contributed by atoms with Gasteiger partial charge in [0.1, 0.15) is 0 Å². The lowest BCUT2D eigenvalue weighted by Gasteiger charge is -2.40. The van der Waals surface area contributed by atoms with E-state index < -0.39 is 0 Å². The molecule has 3 nitrogen and oxygen atoms in total. The predicted molar refractivity (Wildman–Crippen MR) is 65.2 cm³/mol. The van der Waals surface area contributed by atoms with Crippen LogP contribution in [-0.4, -0.2) is 36.0 Å². The molecule has 16 heavy (non-hydrogen) atoms. The van der Waals surface area contributed by atoms with Crippen molar-refractivity contribution in [2.24, 2.45) is 5.41 Å². The van der Waals surface area contributed by atoms with Gasteiger partial charge in [-0.2, -0.15) is 0 Å². The Bertz CT molecular complexity index is 275. The molecule has 2 heterocycles. The normalized spacial score (nSPS) is 34.1. The molecule has 0 saturated carbocycles. The van der Waals surface area contributed by atoms with E-state index >= 15 is 0 Å². The highest BCUT2D eigenvalue weighted by molar-refractivity contribution is 5.83. The van der Waals surface area contributed by atoms with Crippen LogP contribution in [0.5, 0.6) is 0 Å². The summed E-state index contributed by atoms with van der Waals surface area (Å²) in [6, 6.07) is 0.467. The van der Waals surface area contributed by atoms with Crippen LogP contribution in [0.2, 0.25) is 0 Å². The van der Waals surface area contributed by atoms with E-state index in [1.807, 2.05) is 0 Å². The number of likely N-dealkylation sites (tertiary alicyclic amines) is 1. The molecule has 0 bridgehead atoms. The lowest BCUT2D eigenvalue weighted by Crippen LogP contribution is -2.57. The predicted octanol–water partition coefficient (Wildman–Crippen LogP) is 1.78. The number of hydrogen-bond acceptors (Lipinski definition) is 2. The molecule has 0 aliphatic carbocycles. The molecule has 0 aromatic rings. The standard InChI is InChI=1S/C13H24N2O/c1-10-6-4-9-15(10)12(16)11-13(2,3)7-5-8-14-11/h10-11,14H,4-9H2,1-3H3. The SMILES string of the molecule is CC1CCCN1C(=O)C1NCCCC1(C)C. The largest absolute Gasteiger partial charge is 0.339 e. The fraction of sp³-hybridized carbons (Fsp3) is 0.923. The van der Waals surface area contributed by atoms with Crippen molar-refractivity contribution in [1.29, 1.82) is 0 Å². The second kappa shape index (κ2) is 4.36. The van der Waals surface area contributed by atoms with E-state index in [1.54, 1.807) is 0 Å². The van der Waals surface area contributed by atoms with Gasteiger partial charge < -0.3 is 10.2 Å². The minimum atomic E-state index is 0.0294. The van der Waals surface area contributed by atoms with Gasteiger partial charge in [0.25, 0.3) is 0 Å². The monoisotopic (exact) mass is 224 g/mol. The number of amides is 1. The molecular formula is C13H24N2O. The highest BCUT2D eigenvalue weighted by atomic mass is 16.2. The molecule has 2 fully saturated rings. The van der Waals surface area contributed by atoms with Crippen molar-refractivity contribution < 1.29 is 4.79 Å². The lowest BCUT2D eigenvalue weighted by atomic mass is 9.77. The van der Waals surface area contributed by atoms with E-state index in [0.717, 1.165) is 19.5 Å². The molecule has 0 radical (unpaired) electrons. The third-order valence-corrected chi connectivity index (χ3v) is 4.21. The van der Waals surface area contributed by atoms with Crippen LogP contribution in [0.25, 0.3) is 0 Å². The van der Waals surface area contributed by atoms with Crippen molar-refractivity contribution in [3.05, 3.63) is 0 Å². The Morgan fingerprint density at radius 2 is 2.12 bits per heavy atom. The molecule has 1 N–H and O–H groups in total. The third-order valence-electron chi connectivity index (χ3n) is 4.21. The summed E-state index contributed by atoms with van der Waals surface area (Å²) in [4.78, 5) is 14.6. The van der Waals surface area contributed by atoms with E-state index in [9.17, 15) is 4.79 Å². The number of nitrogens with zero attached hydrogens (tertiary/aromatic N) is 1. The molecule has 2 aliphatic heterocycles. The van der Waals surface area contributed by atoms with E-state index in [1.165, 1.54) is 19.3 Å². The quantitative estimate of drug-likeness (QED) is 0.736. The fourth-order valence-electron chi connectivity index (χ4n) is 3.06. The van der Waals surface area contributed by atoms with Gasteiger partial charge in [0.15, 0.2) is 0 Å². The van der Waals surface area contributed by atoms with Crippen molar-refractivity contribution in [3.63, 3.8) is 0 Å². The van der Waals surface area contributed by atoms with Crippen LogP contribution in [0.3, 0.4) is 0 Å². The van der Waals surface area contributed by atoms with Gasteiger partial charge in [-0.15, -0.1) is 0 Å². The van der Waals surface area contributed by atoms with E-state index in [2.05, 4.69) is 31.0 Å². The smallest absolute Gasteiger partial charge is 0.240 e. The van der Waals surface area contributed by atoms with Crippen LogP contribution < -0.4 is 5.32 Å². The molecule has 2 aliphatic rings. The molecule has 1 amide bonds. The maximum absolute atomic E-state index is 12.5. The molecular weight excluding hydrogens is 200 g/mol. The summed E-state index contributed by atoms with van der Waals surface area (Å²) < 4.78 is 0. The maximum atomic E-state index is 12.5. The highest BCUT2D eigenvalue weighted by Crippen LogP contribution is 2.32. The Balaban J connectivity index is 2.08. The Morgan fingerprint density at radius 3 is 2.69 bits per heavy atom. The average Bonchev–Trinajstić information content (AvgIpc) is 2.63. The number of piperidine rings is 1. The van der Waals surface area contributed by atoms with Crippen molar-refractivity contribution in [2.75, 3.05) is 13.1 Å². The summed E-state index contributed by atoms with van der Waals surface area (Å²) in [5.74, 6) is 0.328. The molecule has 2 atom stereocenters. The molecule has 2 rings (SSSR count). The van der Waals surface area contributed by atoms with Gasteiger partial charge in [-0.05, 0) is 44.6 Å². The van der Waals surface area contributed by atoms with E-state index in [0.29, 0.717) is 11.9 Å². The van der Waals surface area contributed by atoms with Gasteiger partial charge in [-0.1, -0.05) is 13.8 Å². The lowest BCUT2D eigenvalue weighted by molar-refractivity contribution is -0.137. The number of carbonyl (C=O) groups is 1. The average molecular weight is 224 g/mol. The zero-order chi connectivity index (χ0) is 11.8. The van der Waals surface area contributed by atoms with Crippen LogP contribution in [0.4, 0.5) is 0 Å². The Labute approximate surface area is 98.6 Å². The first kappa shape index (κ1) is 11.9. The molecule has 92 valence electrons. The van der Waals surface area contributed by atoms with Gasteiger partial charge in [0.2, 0.25) is 5.91 Å². The zero-order valence-corrected chi connectivity index (χ0v) is 10.8. The molecule has 0 aromatic carbocycles. The number of carbonyl (C=O) groups excluding carboxylic acids is 1. The van der Waals surface area contributed by atoms with Gasteiger partial charge in [0.05, 0.1) is 6.04 Å². The second-order valence-electron chi connectivity index (χ2n) is 6.00. The highest BCUT2D eigenvalue weighted by Gasteiger charge is 2.40. The van der Waals surface area contributed by atoms with E-state index in [4.69, 9.17) is 0 Å². The molecule has 2 unspecified atom stereocenters. The summed E-state index contributed by atoms with van der Waals surface area (Å²) in [5.41, 5.74) is 0.109. The minimum absolute atomic E-state index is 0.0294. The Kier molecular flexibility index (Phi) is 3.24. The first-order chi connectivity index (χ1) is 7.52. The summed E-state index contributed by atoms with van der Waals surface area (Å²) >= 11 is 0. The second-order valence-corrected chi connectivity index (χ2v) is 6.00.